The summed E-state index contributed by atoms with van der Waals surface area (Å²) in [5.41, 5.74) is 1.08. The maximum Gasteiger partial charge on any atom is 0.264 e. The van der Waals surface area contributed by atoms with Crippen molar-refractivity contribution in [3.05, 3.63) is 59.5 Å². The van der Waals surface area contributed by atoms with Gasteiger partial charge >= 0.3 is 0 Å². The maximum atomic E-state index is 13.0. The van der Waals surface area contributed by atoms with Gasteiger partial charge in [-0.1, -0.05) is 6.07 Å². The van der Waals surface area contributed by atoms with Crippen molar-refractivity contribution in [1.82, 2.24) is 0 Å². The van der Waals surface area contributed by atoms with Crippen molar-refractivity contribution in [2.24, 2.45) is 0 Å². The minimum absolute atomic E-state index is 0.0768. The lowest BCUT2D eigenvalue weighted by Gasteiger charge is -2.40. The lowest BCUT2D eigenvalue weighted by molar-refractivity contribution is -0.896. The number of hydrogen-bond acceptors (Lipinski definition) is 4. The molecule has 1 aliphatic rings. The Labute approximate surface area is 153 Å². The Morgan fingerprint density at radius 1 is 1.04 bits per heavy atom. The summed E-state index contributed by atoms with van der Waals surface area (Å²) in [5.74, 6) is -0.341. The highest BCUT2D eigenvalue weighted by Gasteiger charge is 2.47. The highest BCUT2D eigenvalue weighted by Crippen LogP contribution is 2.41. The topological polar surface area (TPSA) is 70.6 Å². The van der Waals surface area contributed by atoms with Gasteiger partial charge < -0.3 is 9.84 Å². The highest BCUT2D eigenvalue weighted by molar-refractivity contribution is 6.26. The zero-order valence-corrected chi connectivity index (χ0v) is 15.7. The molecule has 1 aliphatic heterocycles. The van der Waals surface area contributed by atoms with E-state index in [2.05, 4.69) is 0 Å². The van der Waals surface area contributed by atoms with Crippen LogP contribution in [0.4, 0.5) is 0 Å². The molecule has 3 rings (SSSR count). The second-order valence-electron chi connectivity index (χ2n) is 7.64. The number of hydrogen-bond donors (Lipinski definition) is 2. The summed E-state index contributed by atoms with van der Waals surface area (Å²) in [7, 11) is 0. The van der Waals surface area contributed by atoms with Crippen molar-refractivity contribution >= 4 is 11.4 Å². The molecule has 0 bridgehead atoms. The van der Waals surface area contributed by atoms with E-state index in [0.29, 0.717) is 11.3 Å². The van der Waals surface area contributed by atoms with Gasteiger partial charge in [-0.25, -0.2) is 0 Å². The Kier molecular flexibility index (Phi) is 4.15. The molecule has 0 spiro atoms. The standard InChI is InChI=1S/C21H23NO4/c1-13-9-10-14(16-8-6-7-11-22(16)25)12-15(13)17-18(23)20(2,3)26-21(4,5)19(17)24/h6-12H,1-5H3,(H-,23,24,25)/p+1. The number of Topliss-reactive ketones (excluding diaryl/α,β-unsaturated/α-hetero) is 1. The van der Waals surface area contributed by atoms with E-state index >= 15 is 0 Å². The molecule has 2 heterocycles. The molecule has 0 amide bonds. The summed E-state index contributed by atoms with van der Waals surface area (Å²) in [5, 5.41) is 20.8. The first-order valence-electron chi connectivity index (χ1n) is 8.54. The van der Waals surface area contributed by atoms with Gasteiger partial charge in [0.25, 0.3) is 5.69 Å². The van der Waals surface area contributed by atoms with Crippen LogP contribution in [-0.2, 0) is 9.53 Å². The van der Waals surface area contributed by atoms with Crippen LogP contribution in [0.2, 0.25) is 0 Å². The monoisotopic (exact) mass is 354 g/mol. The Bertz CT molecular complexity index is 925. The fraction of sp³-hybridized carbons (Fsp3) is 0.333. The summed E-state index contributed by atoms with van der Waals surface area (Å²) >= 11 is 0. The fourth-order valence-corrected chi connectivity index (χ4v) is 3.41. The smallest absolute Gasteiger partial charge is 0.264 e. The van der Waals surface area contributed by atoms with E-state index in [-0.39, 0.29) is 17.1 Å². The molecule has 5 nitrogen and oxygen atoms in total. The van der Waals surface area contributed by atoms with E-state index in [4.69, 9.17) is 4.74 Å². The van der Waals surface area contributed by atoms with Crippen molar-refractivity contribution in [2.75, 3.05) is 0 Å². The van der Waals surface area contributed by atoms with Gasteiger partial charge in [0, 0.05) is 16.9 Å². The van der Waals surface area contributed by atoms with Crippen molar-refractivity contribution in [1.29, 1.82) is 0 Å². The summed E-state index contributed by atoms with van der Waals surface area (Å²) in [4.78, 5) is 13.0. The summed E-state index contributed by atoms with van der Waals surface area (Å²) in [6, 6.07) is 10.9. The Morgan fingerprint density at radius 3 is 2.38 bits per heavy atom. The number of aliphatic hydroxyl groups excluding tert-OH is 1. The molecule has 136 valence electrons. The molecule has 1 aromatic heterocycles. The Hall–Kier alpha value is -2.66. The van der Waals surface area contributed by atoms with Crippen molar-refractivity contribution < 1.29 is 24.6 Å². The fourth-order valence-electron chi connectivity index (χ4n) is 3.41. The Balaban J connectivity index is 2.25. The second kappa shape index (κ2) is 5.95. The number of ketones is 1. The number of aryl methyl sites for hydroxylation is 1. The molecule has 26 heavy (non-hydrogen) atoms. The van der Waals surface area contributed by atoms with Crippen LogP contribution in [0.3, 0.4) is 0 Å². The SMILES string of the molecule is Cc1ccc(-c2cccc[n+]2O)cc1C1=C(O)C(C)(C)OC(C)(C)C1=O. The largest absolute Gasteiger partial charge is 0.508 e. The van der Waals surface area contributed by atoms with Gasteiger partial charge in [-0.05, 0) is 63.9 Å². The third-order valence-corrected chi connectivity index (χ3v) is 4.73. The van der Waals surface area contributed by atoms with Crippen LogP contribution in [0.5, 0.6) is 0 Å². The summed E-state index contributed by atoms with van der Waals surface area (Å²) < 4.78 is 6.84. The van der Waals surface area contributed by atoms with Gasteiger partial charge in [0.2, 0.25) is 6.20 Å². The van der Waals surface area contributed by atoms with E-state index in [1.165, 1.54) is 6.20 Å². The number of ether oxygens (including phenoxy) is 1. The average molecular weight is 354 g/mol. The number of benzene rings is 1. The predicted octanol–water partition coefficient (Wildman–Crippen LogP) is 3.61. The van der Waals surface area contributed by atoms with E-state index in [0.717, 1.165) is 15.9 Å². The molecule has 2 aromatic rings. The van der Waals surface area contributed by atoms with Gasteiger partial charge in [-0.15, -0.1) is 0 Å². The van der Waals surface area contributed by atoms with Gasteiger partial charge in [0.1, 0.15) is 17.0 Å². The lowest BCUT2D eigenvalue weighted by atomic mass is 9.81. The zero-order chi connectivity index (χ0) is 19.3. The molecular formula is C21H24NO4+. The first-order valence-corrected chi connectivity index (χ1v) is 8.54. The number of pyridine rings is 1. The quantitative estimate of drug-likeness (QED) is 0.638. The summed E-state index contributed by atoms with van der Waals surface area (Å²) in [6.45, 7) is 8.80. The molecular weight excluding hydrogens is 330 g/mol. The molecule has 0 atom stereocenters. The molecule has 5 heteroatoms. The molecule has 0 saturated heterocycles. The van der Waals surface area contributed by atoms with Gasteiger partial charge in [-0.2, -0.15) is 0 Å². The highest BCUT2D eigenvalue weighted by atomic mass is 16.5. The second-order valence-corrected chi connectivity index (χ2v) is 7.64. The maximum absolute atomic E-state index is 13.0. The van der Waals surface area contributed by atoms with E-state index in [9.17, 15) is 15.1 Å². The van der Waals surface area contributed by atoms with Gasteiger partial charge in [-0.3, -0.25) is 10.0 Å². The third-order valence-electron chi connectivity index (χ3n) is 4.73. The van der Waals surface area contributed by atoms with Crippen LogP contribution in [0.25, 0.3) is 16.8 Å². The summed E-state index contributed by atoms with van der Waals surface area (Å²) in [6.07, 6.45) is 1.54. The predicted molar refractivity (Wildman–Crippen MR) is 97.8 cm³/mol. The number of rotatable bonds is 2. The number of carbonyl (C=O) groups excluding carboxylic acids is 1. The molecule has 0 radical (unpaired) electrons. The number of nitrogens with zero attached hydrogens (tertiary/aromatic N) is 1. The third kappa shape index (κ3) is 2.88. The minimum atomic E-state index is -1.04. The van der Waals surface area contributed by atoms with E-state index in [1.807, 2.05) is 31.2 Å². The minimum Gasteiger partial charge on any atom is -0.508 e. The zero-order valence-electron chi connectivity index (χ0n) is 15.7. The van der Waals surface area contributed by atoms with Crippen LogP contribution in [0, 0.1) is 6.92 Å². The normalized spacial score (nSPS) is 18.9. The number of aromatic nitrogens is 1. The van der Waals surface area contributed by atoms with Crippen LogP contribution < -0.4 is 4.73 Å². The molecule has 1 aromatic carbocycles. The lowest BCUT2D eigenvalue weighted by Crippen LogP contribution is -2.49. The molecule has 0 saturated carbocycles. The molecule has 0 fully saturated rings. The first kappa shape index (κ1) is 18.1. The molecule has 2 N–H and O–H groups in total. The van der Waals surface area contributed by atoms with E-state index < -0.39 is 11.2 Å². The van der Waals surface area contributed by atoms with Crippen LogP contribution >= 0.6 is 0 Å². The van der Waals surface area contributed by atoms with Crippen molar-refractivity contribution in [3.63, 3.8) is 0 Å². The van der Waals surface area contributed by atoms with Gasteiger partial charge in [0.15, 0.2) is 5.78 Å². The number of carbonyl (C=O) groups is 1. The first-order chi connectivity index (χ1) is 12.0. The van der Waals surface area contributed by atoms with Crippen molar-refractivity contribution in [3.8, 4) is 11.3 Å². The molecule has 0 aliphatic carbocycles. The van der Waals surface area contributed by atoms with Crippen molar-refractivity contribution in [2.45, 2.75) is 45.8 Å². The van der Waals surface area contributed by atoms with Crippen LogP contribution in [0.1, 0.15) is 38.8 Å². The Morgan fingerprint density at radius 2 is 1.73 bits per heavy atom. The number of aliphatic hydroxyl groups is 1. The van der Waals surface area contributed by atoms with Crippen LogP contribution in [0.15, 0.2) is 48.4 Å². The average Bonchev–Trinajstić information content (AvgIpc) is 2.55. The van der Waals surface area contributed by atoms with Gasteiger partial charge in [0.05, 0.1) is 11.1 Å². The van der Waals surface area contributed by atoms with E-state index in [1.54, 1.807) is 39.8 Å². The molecule has 0 unspecified atom stereocenters. The van der Waals surface area contributed by atoms with Crippen LogP contribution in [-0.4, -0.2) is 27.3 Å².